The maximum absolute atomic E-state index is 12.6. The summed E-state index contributed by atoms with van der Waals surface area (Å²) in [7, 11) is 0. The molecule has 1 aromatic heterocycles. The Bertz CT molecular complexity index is 1380. The number of carbonyl (C=O) groups excluding carboxylic acids is 1. The fourth-order valence-corrected chi connectivity index (χ4v) is 4.33. The molecule has 1 aliphatic heterocycles. The van der Waals surface area contributed by atoms with Crippen LogP contribution in [0.2, 0.25) is 0 Å². The molecule has 1 aliphatic rings. The number of non-ortho nitro benzene ring substituents is 1. The van der Waals surface area contributed by atoms with E-state index < -0.39 is 11.0 Å². The average Bonchev–Trinajstić information content (AvgIpc) is 3.32. The van der Waals surface area contributed by atoms with Crippen LogP contribution in [0.3, 0.4) is 0 Å². The minimum Gasteiger partial charge on any atom is -0.485 e. The van der Waals surface area contributed by atoms with E-state index in [1.807, 2.05) is 59.2 Å². The van der Waals surface area contributed by atoms with Gasteiger partial charge >= 0.3 is 0 Å². The van der Waals surface area contributed by atoms with Gasteiger partial charge in [0.25, 0.3) is 5.69 Å². The lowest BCUT2D eigenvalue weighted by molar-refractivity contribution is -0.384. The van der Waals surface area contributed by atoms with Gasteiger partial charge in [-0.25, -0.2) is 0 Å². The van der Waals surface area contributed by atoms with E-state index in [0.29, 0.717) is 28.2 Å². The van der Waals surface area contributed by atoms with Gasteiger partial charge in [0.2, 0.25) is 5.91 Å². The minimum absolute atomic E-state index is 0.0263. The standard InChI is InChI=1S/C24H19N5O5S/c30-22(25-16-7-6-10-18(13-16)29(31)32)15-35-24-27-26-23(28(24)17-8-2-1-3-9-17)21-14-33-19-11-4-5-12-20(19)34-21/h1-13,21H,14-15H2,(H,25,30)/t21-/m0/s1. The SMILES string of the molecule is O=C(CSc1nnc([C@@H]2COc3ccccc3O2)n1-c1ccccc1)Nc1cccc([N+](=O)[O-])c1. The molecule has 0 radical (unpaired) electrons. The van der Waals surface area contributed by atoms with Crippen LogP contribution in [0.1, 0.15) is 11.9 Å². The van der Waals surface area contributed by atoms with Crippen molar-refractivity contribution in [1.82, 2.24) is 14.8 Å². The van der Waals surface area contributed by atoms with Crippen LogP contribution in [0, 0.1) is 10.1 Å². The molecule has 1 N–H and O–H groups in total. The van der Waals surface area contributed by atoms with Gasteiger partial charge in [0.15, 0.2) is 28.6 Å². The topological polar surface area (TPSA) is 121 Å². The molecule has 5 rings (SSSR count). The first-order chi connectivity index (χ1) is 17.1. The third-order valence-electron chi connectivity index (χ3n) is 5.14. The number of para-hydroxylation sites is 3. The lowest BCUT2D eigenvalue weighted by atomic mass is 10.2. The van der Waals surface area contributed by atoms with Gasteiger partial charge in [-0.15, -0.1) is 10.2 Å². The fourth-order valence-electron chi connectivity index (χ4n) is 3.57. The summed E-state index contributed by atoms with van der Waals surface area (Å²) in [5.74, 6) is 1.54. The van der Waals surface area contributed by atoms with Crippen LogP contribution in [-0.4, -0.2) is 38.0 Å². The molecule has 0 saturated heterocycles. The minimum atomic E-state index is -0.510. The highest BCUT2D eigenvalue weighted by Gasteiger charge is 2.29. The molecule has 2 heterocycles. The van der Waals surface area contributed by atoms with Gasteiger partial charge in [-0.3, -0.25) is 19.5 Å². The highest BCUT2D eigenvalue weighted by molar-refractivity contribution is 7.99. The van der Waals surface area contributed by atoms with Gasteiger partial charge in [0.05, 0.1) is 10.7 Å². The molecule has 1 amide bonds. The second kappa shape index (κ2) is 9.85. The number of amides is 1. The zero-order chi connectivity index (χ0) is 24.2. The summed E-state index contributed by atoms with van der Waals surface area (Å²) in [6.45, 7) is 0.264. The number of nitro benzene ring substituents is 1. The molecule has 0 fully saturated rings. The third kappa shape index (κ3) is 4.94. The van der Waals surface area contributed by atoms with Gasteiger partial charge in [-0.1, -0.05) is 48.2 Å². The first kappa shape index (κ1) is 22.4. The molecule has 0 aliphatic carbocycles. The number of hydrogen-bond acceptors (Lipinski definition) is 8. The predicted octanol–water partition coefficient (Wildman–Crippen LogP) is 4.42. The molecule has 0 spiro atoms. The summed E-state index contributed by atoms with van der Waals surface area (Å²) in [4.78, 5) is 23.0. The van der Waals surface area contributed by atoms with E-state index in [0.717, 1.165) is 5.69 Å². The van der Waals surface area contributed by atoms with E-state index >= 15 is 0 Å². The number of hydrogen-bond donors (Lipinski definition) is 1. The number of aromatic nitrogens is 3. The van der Waals surface area contributed by atoms with Crippen molar-refractivity contribution in [3.8, 4) is 17.2 Å². The fraction of sp³-hybridized carbons (Fsp3) is 0.125. The molecule has 0 saturated carbocycles. The smallest absolute Gasteiger partial charge is 0.271 e. The van der Waals surface area contributed by atoms with Crippen molar-refractivity contribution < 1.29 is 19.2 Å². The van der Waals surface area contributed by atoms with E-state index in [1.165, 1.54) is 30.0 Å². The second-order valence-corrected chi connectivity index (χ2v) is 8.46. The largest absolute Gasteiger partial charge is 0.485 e. The number of carbonyl (C=O) groups is 1. The molecular weight excluding hydrogens is 470 g/mol. The molecule has 0 unspecified atom stereocenters. The van der Waals surface area contributed by atoms with Gasteiger partial charge in [-0.05, 0) is 30.3 Å². The number of nitrogens with zero attached hydrogens (tertiary/aromatic N) is 4. The Morgan fingerprint density at radius 3 is 2.63 bits per heavy atom. The summed E-state index contributed by atoms with van der Waals surface area (Å²) in [6, 6.07) is 22.7. The lowest BCUT2D eigenvalue weighted by Gasteiger charge is -2.26. The van der Waals surface area contributed by atoms with E-state index in [2.05, 4.69) is 15.5 Å². The van der Waals surface area contributed by atoms with E-state index in [-0.39, 0.29) is 24.0 Å². The number of fused-ring (bicyclic) bond motifs is 1. The van der Waals surface area contributed by atoms with Crippen LogP contribution in [0.5, 0.6) is 11.5 Å². The molecule has 0 bridgehead atoms. The summed E-state index contributed by atoms with van der Waals surface area (Å²) < 4.78 is 13.8. The van der Waals surface area contributed by atoms with Gasteiger partial charge < -0.3 is 14.8 Å². The number of anilines is 1. The lowest BCUT2D eigenvalue weighted by Crippen LogP contribution is -2.24. The van der Waals surface area contributed by atoms with Crippen molar-refractivity contribution in [1.29, 1.82) is 0 Å². The Hall–Kier alpha value is -4.38. The number of nitro groups is 1. The van der Waals surface area contributed by atoms with Crippen LogP contribution in [0.15, 0.2) is 84.0 Å². The van der Waals surface area contributed by atoms with Crippen LogP contribution in [0.4, 0.5) is 11.4 Å². The van der Waals surface area contributed by atoms with Crippen LogP contribution < -0.4 is 14.8 Å². The van der Waals surface area contributed by atoms with Crippen LogP contribution >= 0.6 is 11.8 Å². The van der Waals surface area contributed by atoms with Crippen molar-refractivity contribution in [2.24, 2.45) is 0 Å². The van der Waals surface area contributed by atoms with E-state index in [4.69, 9.17) is 9.47 Å². The predicted molar refractivity (Wildman–Crippen MR) is 129 cm³/mol. The van der Waals surface area contributed by atoms with Crippen LogP contribution in [0.25, 0.3) is 5.69 Å². The van der Waals surface area contributed by atoms with Gasteiger partial charge in [0.1, 0.15) is 6.61 Å². The van der Waals surface area contributed by atoms with Crippen molar-refractivity contribution in [2.45, 2.75) is 11.3 Å². The van der Waals surface area contributed by atoms with Gasteiger partial charge in [0, 0.05) is 23.5 Å². The Morgan fingerprint density at radius 1 is 1.06 bits per heavy atom. The van der Waals surface area contributed by atoms with Crippen LogP contribution in [-0.2, 0) is 4.79 Å². The van der Waals surface area contributed by atoms with Crippen molar-refractivity contribution in [3.05, 3.63) is 94.8 Å². The number of rotatable bonds is 7. The van der Waals surface area contributed by atoms with Crippen molar-refractivity contribution in [2.75, 3.05) is 17.7 Å². The number of nitrogens with one attached hydrogen (secondary N) is 1. The Kier molecular flexibility index (Phi) is 6.31. The Labute approximate surface area is 204 Å². The summed E-state index contributed by atoms with van der Waals surface area (Å²) in [5.41, 5.74) is 1.07. The van der Waals surface area contributed by atoms with E-state index in [9.17, 15) is 14.9 Å². The maximum Gasteiger partial charge on any atom is 0.271 e. The maximum atomic E-state index is 12.6. The molecule has 35 heavy (non-hydrogen) atoms. The molecule has 3 aromatic carbocycles. The van der Waals surface area contributed by atoms with E-state index in [1.54, 1.807) is 6.07 Å². The highest BCUT2D eigenvalue weighted by Crippen LogP contribution is 2.37. The molecule has 1 atom stereocenters. The van der Waals surface area contributed by atoms with Crippen molar-refractivity contribution >= 4 is 29.0 Å². The number of benzene rings is 3. The monoisotopic (exact) mass is 489 g/mol. The Balaban J connectivity index is 1.36. The zero-order valence-electron chi connectivity index (χ0n) is 18.2. The first-order valence-electron chi connectivity index (χ1n) is 10.6. The zero-order valence-corrected chi connectivity index (χ0v) is 19.1. The number of thioether (sulfide) groups is 1. The summed E-state index contributed by atoms with van der Waals surface area (Å²) >= 11 is 1.20. The summed E-state index contributed by atoms with van der Waals surface area (Å²) in [5, 5.41) is 22.8. The molecule has 176 valence electrons. The Morgan fingerprint density at radius 2 is 1.83 bits per heavy atom. The highest BCUT2D eigenvalue weighted by atomic mass is 32.2. The van der Waals surface area contributed by atoms with Gasteiger partial charge in [-0.2, -0.15) is 0 Å². The average molecular weight is 490 g/mol. The quantitative estimate of drug-likeness (QED) is 0.230. The molecule has 10 nitrogen and oxygen atoms in total. The molecule has 4 aromatic rings. The normalized spacial score (nSPS) is 14.3. The molecular formula is C24H19N5O5S. The first-order valence-corrected chi connectivity index (χ1v) is 11.6. The second-order valence-electron chi connectivity index (χ2n) is 7.52. The summed E-state index contributed by atoms with van der Waals surface area (Å²) in [6.07, 6.45) is -0.495. The van der Waals surface area contributed by atoms with Crippen molar-refractivity contribution in [3.63, 3.8) is 0 Å². The number of ether oxygens (including phenoxy) is 2. The third-order valence-corrected chi connectivity index (χ3v) is 6.07. The molecule has 11 heteroatoms.